The summed E-state index contributed by atoms with van der Waals surface area (Å²) in [7, 11) is 0. The number of carbonyl (C=O) groups is 2. The molecule has 2 amide bonds. The molecule has 0 bridgehead atoms. The van der Waals surface area contributed by atoms with Crippen molar-refractivity contribution in [2.24, 2.45) is 5.92 Å². The van der Waals surface area contributed by atoms with Crippen molar-refractivity contribution in [1.82, 2.24) is 10.2 Å². The van der Waals surface area contributed by atoms with Crippen LogP contribution in [0.2, 0.25) is 0 Å². The van der Waals surface area contributed by atoms with E-state index in [1.807, 2.05) is 0 Å². The number of nitrogens with one attached hydrogen (secondary N) is 2. The van der Waals surface area contributed by atoms with Crippen molar-refractivity contribution in [3.05, 3.63) is 29.8 Å². The molecular formula is C19H25N3O4. The zero-order valence-corrected chi connectivity index (χ0v) is 14.8. The fraction of sp³-hybridized carbons (Fsp3) is 0.579. The van der Waals surface area contributed by atoms with Gasteiger partial charge in [0.15, 0.2) is 0 Å². The Hall–Kier alpha value is -2.12. The predicted molar refractivity (Wildman–Crippen MR) is 96.2 cm³/mol. The number of fused-ring (bicyclic) bond motifs is 1. The maximum Gasteiger partial charge on any atom is 0.338 e. The van der Waals surface area contributed by atoms with E-state index in [1.165, 1.54) is 0 Å². The summed E-state index contributed by atoms with van der Waals surface area (Å²) in [5, 5.41) is 6.18. The fourth-order valence-electron chi connectivity index (χ4n) is 3.89. The second kappa shape index (κ2) is 7.63. The van der Waals surface area contributed by atoms with Crippen molar-refractivity contribution in [1.29, 1.82) is 0 Å². The van der Waals surface area contributed by atoms with E-state index in [0.717, 1.165) is 39.0 Å². The van der Waals surface area contributed by atoms with E-state index < -0.39 is 0 Å². The molecule has 7 heteroatoms. The lowest BCUT2D eigenvalue weighted by atomic mass is 10.1. The third kappa shape index (κ3) is 3.83. The Bertz CT molecular complexity index is 645. The number of likely N-dealkylation sites (tertiary alicyclic amines) is 1. The minimum absolute atomic E-state index is 0.120. The molecule has 1 aromatic rings. The van der Waals surface area contributed by atoms with Crippen LogP contribution in [0.3, 0.4) is 0 Å². The number of hydrogen-bond acceptors (Lipinski definition) is 5. The molecule has 0 aromatic heterocycles. The van der Waals surface area contributed by atoms with Crippen LogP contribution in [0.4, 0.5) is 10.5 Å². The number of carbonyl (C=O) groups excluding carboxylic acids is 2. The summed E-state index contributed by atoms with van der Waals surface area (Å²) in [6, 6.07) is 6.97. The van der Waals surface area contributed by atoms with Crippen LogP contribution in [0.1, 0.15) is 29.6 Å². The lowest BCUT2D eigenvalue weighted by Crippen LogP contribution is -2.34. The first-order chi connectivity index (χ1) is 12.7. The molecule has 7 nitrogen and oxygen atoms in total. The van der Waals surface area contributed by atoms with Crippen LogP contribution in [-0.2, 0) is 9.47 Å². The van der Waals surface area contributed by atoms with Crippen LogP contribution >= 0.6 is 0 Å². The first-order valence-electron chi connectivity index (χ1n) is 9.37. The molecule has 3 aliphatic heterocycles. The molecular weight excluding hydrogens is 334 g/mol. The Morgan fingerprint density at radius 3 is 2.81 bits per heavy atom. The number of urea groups is 1. The monoisotopic (exact) mass is 359 g/mol. The highest BCUT2D eigenvalue weighted by atomic mass is 16.5. The highest BCUT2D eigenvalue weighted by molar-refractivity contribution is 5.92. The summed E-state index contributed by atoms with van der Waals surface area (Å²) in [4.78, 5) is 26.3. The van der Waals surface area contributed by atoms with Gasteiger partial charge in [-0.2, -0.15) is 0 Å². The van der Waals surface area contributed by atoms with Crippen molar-refractivity contribution in [3.63, 3.8) is 0 Å². The van der Waals surface area contributed by atoms with Crippen molar-refractivity contribution >= 4 is 17.7 Å². The average molecular weight is 359 g/mol. The van der Waals surface area contributed by atoms with Crippen LogP contribution in [0, 0.1) is 5.92 Å². The number of anilines is 1. The highest BCUT2D eigenvalue weighted by Crippen LogP contribution is 2.29. The average Bonchev–Trinajstić information content (AvgIpc) is 3.37. The molecule has 3 aliphatic rings. The second-order valence-electron chi connectivity index (χ2n) is 7.26. The van der Waals surface area contributed by atoms with E-state index in [4.69, 9.17) is 9.47 Å². The lowest BCUT2D eigenvalue weighted by Gasteiger charge is -2.18. The lowest BCUT2D eigenvalue weighted by molar-refractivity contribution is 0.0473. The minimum atomic E-state index is -0.332. The van der Waals surface area contributed by atoms with Crippen molar-refractivity contribution in [2.75, 3.05) is 38.2 Å². The Labute approximate surface area is 153 Å². The number of esters is 1. The maximum atomic E-state index is 12.4. The van der Waals surface area contributed by atoms with Gasteiger partial charge in [0.05, 0.1) is 11.7 Å². The summed E-state index contributed by atoms with van der Waals surface area (Å²) < 4.78 is 11.0. The van der Waals surface area contributed by atoms with Gasteiger partial charge in [0.2, 0.25) is 0 Å². The maximum absolute atomic E-state index is 12.4. The molecule has 0 spiro atoms. The van der Waals surface area contributed by atoms with Gasteiger partial charge in [-0.25, -0.2) is 9.59 Å². The summed E-state index contributed by atoms with van der Waals surface area (Å²) in [6.07, 6.45) is 3.39. The quantitative estimate of drug-likeness (QED) is 0.802. The molecule has 140 valence electrons. The van der Waals surface area contributed by atoms with Crippen LogP contribution in [0.5, 0.6) is 0 Å². The zero-order valence-electron chi connectivity index (χ0n) is 14.8. The van der Waals surface area contributed by atoms with Crippen LogP contribution in [0.15, 0.2) is 24.3 Å². The summed E-state index contributed by atoms with van der Waals surface area (Å²) in [6.45, 7) is 3.59. The largest absolute Gasteiger partial charge is 0.460 e. The molecule has 0 aliphatic carbocycles. The smallest absolute Gasteiger partial charge is 0.338 e. The summed E-state index contributed by atoms with van der Waals surface area (Å²) in [5.74, 6) is 0.133. The van der Waals surface area contributed by atoms with Crippen molar-refractivity contribution < 1.29 is 19.1 Å². The Kier molecular flexibility index (Phi) is 5.08. The number of rotatable bonds is 4. The van der Waals surface area contributed by atoms with Crippen LogP contribution in [0.25, 0.3) is 0 Å². The molecule has 3 atom stereocenters. The zero-order chi connectivity index (χ0) is 17.9. The number of nitrogens with zero attached hydrogens (tertiary/aromatic N) is 1. The molecule has 4 rings (SSSR count). The van der Waals surface area contributed by atoms with Gasteiger partial charge in [-0.05, 0) is 50.1 Å². The molecule has 3 fully saturated rings. The SMILES string of the molecule is O=C(OCC1CCCN1)c1ccc(NC(=O)N2C[C@@H]3CCO[C@@H]3C2)cc1. The van der Waals surface area contributed by atoms with Crippen LogP contribution in [-0.4, -0.2) is 61.9 Å². The van der Waals surface area contributed by atoms with Gasteiger partial charge < -0.3 is 25.0 Å². The molecule has 26 heavy (non-hydrogen) atoms. The van der Waals surface area contributed by atoms with Gasteiger partial charge in [-0.1, -0.05) is 0 Å². The number of hydrogen-bond donors (Lipinski definition) is 2. The second-order valence-corrected chi connectivity index (χ2v) is 7.26. The fourth-order valence-corrected chi connectivity index (χ4v) is 3.89. The predicted octanol–water partition coefficient (Wildman–Crippen LogP) is 1.85. The number of amides is 2. The molecule has 3 saturated heterocycles. The van der Waals surface area contributed by atoms with Gasteiger partial charge in [-0.15, -0.1) is 0 Å². The standard InChI is InChI=1S/C19H25N3O4/c23-18(26-12-16-2-1-8-20-16)13-3-5-15(6-4-13)21-19(24)22-10-14-7-9-25-17(14)11-22/h3-6,14,16-17,20H,1-2,7-12H2,(H,21,24)/t14-,16?,17+/m0/s1. The van der Waals surface area contributed by atoms with Gasteiger partial charge in [0.1, 0.15) is 6.61 Å². The van der Waals surface area contributed by atoms with Crippen LogP contribution < -0.4 is 10.6 Å². The summed E-state index contributed by atoms with van der Waals surface area (Å²) in [5.41, 5.74) is 1.16. The third-order valence-electron chi connectivity index (χ3n) is 5.44. The van der Waals surface area contributed by atoms with Gasteiger partial charge in [0, 0.05) is 37.3 Å². The third-order valence-corrected chi connectivity index (χ3v) is 5.44. The molecule has 0 saturated carbocycles. The Morgan fingerprint density at radius 2 is 2.08 bits per heavy atom. The van der Waals surface area contributed by atoms with Gasteiger partial charge in [0.25, 0.3) is 0 Å². The van der Waals surface area contributed by atoms with E-state index in [9.17, 15) is 9.59 Å². The molecule has 2 N–H and O–H groups in total. The van der Waals surface area contributed by atoms with Crippen molar-refractivity contribution in [3.8, 4) is 0 Å². The molecule has 1 aromatic carbocycles. The van der Waals surface area contributed by atoms with E-state index >= 15 is 0 Å². The summed E-state index contributed by atoms with van der Waals surface area (Å²) >= 11 is 0. The molecule has 0 radical (unpaired) electrons. The first-order valence-corrected chi connectivity index (χ1v) is 9.37. The van der Waals surface area contributed by atoms with Gasteiger partial charge >= 0.3 is 12.0 Å². The van der Waals surface area contributed by atoms with E-state index in [-0.39, 0.29) is 24.1 Å². The molecule has 3 heterocycles. The van der Waals surface area contributed by atoms with Crippen molar-refractivity contribution in [2.45, 2.75) is 31.4 Å². The minimum Gasteiger partial charge on any atom is -0.460 e. The van der Waals surface area contributed by atoms with E-state index in [2.05, 4.69) is 10.6 Å². The normalized spacial score (nSPS) is 27.4. The first kappa shape index (κ1) is 17.3. The highest BCUT2D eigenvalue weighted by Gasteiger charge is 2.39. The van der Waals surface area contributed by atoms with E-state index in [1.54, 1.807) is 29.2 Å². The molecule has 1 unspecified atom stereocenters. The van der Waals surface area contributed by atoms with Gasteiger partial charge in [-0.3, -0.25) is 0 Å². The Morgan fingerprint density at radius 1 is 1.23 bits per heavy atom. The van der Waals surface area contributed by atoms with E-state index in [0.29, 0.717) is 30.3 Å². The topological polar surface area (TPSA) is 79.9 Å². The Balaban J connectivity index is 1.27. The number of benzene rings is 1. The number of ether oxygens (including phenoxy) is 2.